The minimum absolute atomic E-state index is 0.0224. The lowest BCUT2D eigenvalue weighted by molar-refractivity contribution is 0.279. The number of benzene rings is 3. The lowest BCUT2D eigenvalue weighted by Crippen LogP contribution is -2.04. The van der Waals surface area contributed by atoms with Gasteiger partial charge in [-0.3, -0.25) is 0 Å². The number of rotatable bonds is 7. The Hall–Kier alpha value is -2.21. The molecule has 0 aromatic heterocycles. The summed E-state index contributed by atoms with van der Waals surface area (Å²) in [6.07, 6.45) is 0. The van der Waals surface area contributed by atoms with Crippen molar-refractivity contribution in [2.45, 2.75) is 13.2 Å². The van der Waals surface area contributed by atoms with Gasteiger partial charge in [0.15, 0.2) is 11.5 Å². The maximum atomic E-state index is 13.9. The number of hydrogen-bond donors (Lipinski definition) is 1. The molecule has 0 fully saturated rings. The molecule has 0 saturated heterocycles. The molecular weight excluding hydrogens is 443 g/mol. The lowest BCUT2D eigenvalue weighted by atomic mass is 10.2. The molecule has 0 amide bonds. The second-order valence-corrected chi connectivity index (χ2v) is 7.29. The zero-order valence-corrected chi connectivity index (χ0v) is 17.5. The van der Waals surface area contributed by atoms with Crippen molar-refractivity contribution in [2.75, 3.05) is 12.4 Å². The molecule has 1 N–H and O–H groups in total. The molecule has 3 nitrogen and oxygen atoms in total. The van der Waals surface area contributed by atoms with Crippen LogP contribution in [-0.4, -0.2) is 7.11 Å². The van der Waals surface area contributed by atoms with Gasteiger partial charge in [-0.2, -0.15) is 0 Å². The van der Waals surface area contributed by atoms with Crippen LogP contribution in [0.4, 0.5) is 14.5 Å². The van der Waals surface area contributed by atoms with E-state index in [0.717, 1.165) is 5.56 Å². The second-order valence-electron chi connectivity index (χ2n) is 6.07. The van der Waals surface area contributed by atoms with Crippen molar-refractivity contribution in [1.82, 2.24) is 0 Å². The van der Waals surface area contributed by atoms with Crippen molar-refractivity contribution in [2.24, 2.45) is 0 Å². The fourth-order valence-corrected chi connectivity index (χ4v) is 3.23. The Bertz CT molecular complexity index is 1010. The van der Waals surface area contributed by atoms with Gasteiger partial charge in [-0.1, -0.05) is 40.9 Å². The Balaban J connectivity index is 1.75. The average Bonchev–Trinajstić information content (AvgIpc) is 2.69. The summed E-state index contributed by atoms with van der Waals surface area (Å²) in [4.78, 5) is 0. The highest BCUT2D eigenvalue weighted by molar-refractivity contribution is 6.32. The van der Waals surface area contributed by atoms with Gasteiger partial charge in [-0.25, -0.2) is 8.78 Å². The van der Waals surface area contributed by atoms with E-state index in [1.54, 1.807) is 24.3 Å². The zero-order chi connectivity index (χ0) is 21.0. The molecule has 0 unspecified atom stereocenters. The maximum absolute atomic E-state index is 13.9. The molecular formula is C21H16Cl3F2NO2. The second kappa shape index (κ2) is 9.53. The van der Waals surface area contributed by atoms with Crippen LogP contribution in [-0.2, 0) is 13.2 Å². The first kappa shape index (κ1) is 21.5. The summed E-state index contributed by atoms with van der Waals surface area (Å²) < 4.78 is 38.3. The van der Waals surface area contributed by atoms with Crippen molar-refractivity contribution in [3.05, 3.63) is 86.4 Å². The zero-order valence-electron chi connectivity index (χ0n) is 15.2. The van der Waals surface area contributed by atoms with Crippen LogP contribution in [0.2, 0.25) is 15.1 Å². The van der Waals surface area contributed by atoms with Crippen LogP contribution in [0.1, 0.15) is 11.1 Å². The van der Waals surface area contributed by atoms with Crippen molar-refractivity contribution in [1.29, 1.82) is 0 Å². The molecule has 8 heteroatoms. The highest BCUT2D eigenvalue weighted by Gasteiger charge is 2.14. The fraction of sp³-hybridized carbons (Fsp3) is 0.143. The Kier molecular flexibility index (Phi) is 7.06. The van der Waals surface area contributed by atoms with Gasteiger partial charge in [0.1, 0.15) is 18.2 Å². The molecule has 3 aromatic carbocycles. The standard InChI is InChI=1S/C21H16Cl3F2NO2/c1-28-20-7-12(10-27-13-5-6-19(26)17(24)8-13)16(23)9-21(20)29-11-14-15(22)3-2-4-18(14)25/h2-9,27H,10-11H2,1H3. The minimum atomic E-state index is -0.492. The first-order chi connectivity index (χ1) is 13.9. The van der Waals surface area contributed by atoms with E-state index in [4.69, 9.17) is 44.3 Å². The van der Waals surface area contributed by atoms with Crippen molar-refractivity contribution >= 4 is 40.5 Å². The van der Waals surface area contributed by atoms with Crippen LogP contribution >= 0.6 is 34.8 Å². The third-order valence-electron chi connectivity index (χ3n) is 4.17. The number of anilines is 1. The van der Waals surface area contributed by atoms with E-state index in [1.165, 1.54) is 31.4 Å². The molecule has 0 heterocycles. The van der Waals surface area contributed by atoms with Gasteiger partial charge in [0.25, 0.3) is 0 Å². The van der Waals surface area contributed by atoms with Crippen LogP contribution in [0.15, 0.2) is 48.5 Å². The number of nitrogens with one attached hydrogen (secondary N) is 1. The van der Waals surface area contributed by atoms with Gasteiger partial charge in [0.2, 0.25) is 0 Å². The van der Waals surface area contributed by atoms with Gasteiger partial charge in [0, 0.05) is 28.9 Å². The maximum Gasteiger partial charge on any atom is 0.163 e. The van der Waals surface area contributed by atoms with Gasteiger partial charge in [-0.15, -0.1) is 0 Å². The highest BCUT2D eigenvalue weighted by atomic mass is 35.5. The van der Waals surface area contributed by atoms with E-state index < -0.39 is 11.6 Å². The molecule has 0 atom stereocenters. The van der Waals surface area contributed by atoms with Crippen LogP contribution in [0.25, 0.3) is 0 Å². The lowest BCUT2D eigenvalue weighted by Gasteiger charge is -2.15. The molecule has 3 aromatic rings. The third-order valence-corrected chi connectivity index (χ3v) is 5.16. The summed E-state index contributed by atoms with van der Waals surface area (Å²) in [7, 11) is 1.49. The van der Waals surface area contributed by atoms with Crippen LogP contribution in [0.3, 0.4) is 0 Å². The number of halogens is 5. The topological polar surface area (TPSA) is 30.5 Å². The Morgan fingerprint density at radius 2 is 1.66 bits per heavy atom. The van der Waals surface area contributed by atoms with E-state index in [0.29, 0.717) is 28.8 Å². The molecule has 0 bridgehead atoms. The van der Waals surface area contributed by atoms with E-state index >= 15 is 0 Å². The Labute approximate surface area is 182 Å². The molecule has 0 spiro atoms. The molecule has 3 rings (SSSR count). The van der Waals surface area contributed by atoms with Gasteiger partial charge >= 0.3 is 0 Å². The predicted octanol–water partition coefficient (Wildman–Crippen LogP) is 7.12. The summed E-state index contributed by atoms with van der Waals surface area (Å²) >= 11 is 18.2. The third kappa shape index (κ3) is 5.24. The molecule has 0 aliphatic carbocycles. The van der Waals surface area contributed by atoms with E-state index in [1.807, 2.05) is 0 Å². The molecule has 0 aliphatic heterocycles. The Morgan fingerprint density at radius 3 is 2.34 bits per heavy atom. The van der Waals surface area contributed by atoms with Crippen LogP contribution < -0.4 is 14.8 Å². The van der Waals surface area contributed by atoms with Gasteiger partial charge < -0.3 is 14.8 Å². The monoisotopic (exact) mass is 457 g/mol. The number of ether oxygens (including phenoxy) is 2. The molecule has 0 aliphatic rings. The number of hydrogen-bond acceptors (Lipinski definition) is 3. The first-order valence-electron chi connectivity index (χ1n) is 8.50. The minimum Gasteiger partial charge on any atom is -0.493 e. The summed E-state index contributed by atoms with van der Waals surface area (Å²) in [6, 6.07) is 12.0. The summed E-state index contributed by atoms with van der Waals surface area (Å²) in [5, 5.41) is 3.83. The van der Waals surface area contributed by atoms with Crippen LogP contribution in [0, 0.1) is 11.6 Å². The first-order valence-corrected chi connectivity index (χ1v) is 9.63. The summed E-state index contributed by atoms with van der Waals surface area (Å²) in [5.74, 6) is -0.170. The quantitative estimate of drug-likeness (QED) is 0.409. The normalized spacial score (nSPS) is 10.7. The summed E-state index contributed by atoms with van der Waals surface area (Å²) in [5.41, 5.74) is 1.60. The number of methoxy groups -OCH3 is 1. The van der Waals surface area contributed by atoms with Crippen LogP contribution in [0.5, 0.6) is 11.5 Å². The largest absolute Gasteiger partial charge is 0.493 e. The van der Waals surface area contributed by atoms with Gasteiger partial charge in [0.05, 0.1) is 17.2 Å². The Morgan fingerprint density at radius 1 is 0.862 bits per heavy atom. The summed E-state index contributed by atoms with van der Waals surface area (Å²) in [6.45, 7) is 0.264. The van der Waals surface area contributed by atoms with E-state index in [9.17, 15) is 8.78 Å². The SMILES string of the molecule is COc1cc(CNc2ccc(F)c(Cl)c2)c(Cl)cc1OCc1c(F)cccc1Cl. The fourth-order valence-electron chi connectivity index (χ4n) is 2.61. The smallest absolute Gasteiger partial charge is 0.163 e. The van der Waals surface area contributed by atoms with Crippen molar-refractivity contribution < 1.29 is 18.3 Å². The molecule has 29 heavy (non-hydrogen) atoms. The van der Waals surface area contributed by atoms with Crippen molar-refractivity contribution in [3.63, 3.8) is 0 Å². The molecule has 0 radical (unpaired) electrons. The van der Waals surface area contributed by atoms with E-state index in [-0.39, 0.29) is 22.2 Å². The van der Waals surface area contributed by atoms with E-state index in [2.05, 4.69) is 5.32 Å². The van der Waals surface area contributed by atoms with Gasteiger partial charge in [-0.05, 0) is 42.0 Å². The van der Waals surface area contributed by atoms with Crippen molar-refractivity contribution in [3.8, 4) is 11.5 Å². The highest BCUT2D eigenvalue weighted by Crippen LogP contribution is 2.35. The average molecular weight is 459 g/mol. The molecule has 0 saturated carbocycles. The predicted molar refractivity (Wildman–Crippen MR) is 112 cm³/mol. The molecule has 152 valence electrons.